The minimum absolute atomic E-state index is 0.133. The number of carbonyl (C=O) groups excluding carboxylic acids is 1. The fourth-order valence-corrected chi connectivity index (χ4v) is 4.67. The number of hydrogen-bond acceptors (Lipinski definition) is 8. The standard InChI is InChI=1S/C15H18N6OS3/c1-5-10-8(2)23-6-11(10)13-18-20-15(21(13)4)24-7-12(22)16-14-19-17-9(3)25-14/h6H,5,7H2,1-4H3,(H,16,19,22). The molecule has 0 spiro atoms. The first-order valence-corrected chi connectivity index (χ1v) is 10.4. The Morgan fingerprint density at radius 2 is 2.08 bits per heavy atom. The predicted octanol–water partition coefficient (Wildman–Crippen LogP) is 3.31. The molecule has 25 heavy (non-hydrogen) atoms. The Morgan fingerprint density at radius 3 is 2.76 bits per heavy atom. The molecule has 0 aromatic carbocycles. The lowest BCUT2D eigenvalue weighted by atomic mass is 10.1. The second-order valence-electron chi connectivity index (χ2n) is 5.37. The Labute approximate surface area is 157 Å². The maximum atomic E-state index is 12.0. The lowest BCUT2D eigenvalue weighted by Gasteiger charge is -2.05. The molecule has 0 saturated carbocycles. The van der Waals surface area contributed by atoms with E-state index in [0.717, 1.165) is 22.8 Å². The highest BCUT2D eigenvalue weighted by molar-refractivity contribution is 7.99. The molecule has 0 bridgehead atoms. The predicted molar refractivity (Wildman–Crippen MR) is 102 cm³/mol. The van der Waals surface area contributed by atoms with Crippen molar-refractivity contribution in [1.29, 1.82) is 0 Å². The van der Waals surface area contributed by atoms with Crippen LogP contribution in [0.15, 0.2) is 10.5 Å². The van der Waals surface area contributed by atoms with Gasteiger partial charge in [-0.25, -0.2) is 0 Å². The summed E-state index contributed by atoms with van der Waals surface area (Å²) in [6.07, 6.45) is 0.962. The van der Waals surface area contributed by atoms with Crippen LogP contribution in [-0.4, -0.2) is 36.6 Å². The van der Waals surface area contributed by atoms with Gasteiger partial charge in [-0.3, -0.25) is 10.1 Å². The summed E-state index contributed by atoms with van der Waals surface area (Å²) in [5, 5.41) is 23.2. The highest BCUT2D eigenvalue weighted by Crippen LogP contribution is 2.31. The van der Waals surface area contributed by atoms with Gasteiger partial charge in [-0.1, -0.05) is 30.0 Å². The van der Waals surface area contributed by atoms with Crippen LogP contribution in [-0.2, 0) is 18.3 Å². The van der Waals surface area contributed by atoms with Crippen LogP contribution in [0.1, 0.15) is 22.4 Å². The van der Waals surface area contributed by atoms with Gasteiger partial charge in [0.05, 0.1) is 5.75 Å². The number of aromatic nitrogens is 5. The van der Waals surface area contributed by atoms with E-state index in [0.29, 0.717) is 10.3 Å². The Hall–Kier alpha value is -1.78. The highest BCUT2D eigenvalue weighted by atomic mass is 32.2. The summed E-state index contributed by atoms with van der Waals surface area (Å²) in [7, 11) is 1.93. The fourth-order valence-electron chi connectivity index (χ4n) is 2.41. The summed E-state index contributed by atoms with van der Waals surface area (Å²) in [5.74, 6) is 0.948. The third kappa shape index (κ3) is 3.91. The van der Waals surface area contributed by atoms with Crippen LogP contribution >= 0.6 is 34.4 Å². The number of carbonyl (C=O) groups is 1. The van der Waals surface area contributed by atoms with Gasteiger partial charge in [-0.15, -0.1) is 31.7 Å². The van der Waals surface area contributed by atoms with Crippen LogP contribution in [0.25, 0.3) is 11.4 Å². The van der Waals surface area contributed by atoms with E-state index >= 15 is 0 Å². The summed E-state index contributed by atoms with van der Waals surface area (Å²) < 4.78 is 1.94. The second-order valence-corrected chi connectivity index (χ2v) is 8.57. The number of hydrogen-bond donors (Lipinski definition) is 1. The van der Waals surface area contributed by atoms with Crippen LogP contribution in [0.2, 0.25) is 0 Å². The number of aryl methyl sites for hydroxylation is 2. The minimum Gasteiger partial charge on any atom is -0.305 e. The number of nitrogens with zero attached hydrogens (tertiary/aromatic N) is 5. The molecule has 1 amide bonds. The molecule has 0 aliphatic carbocycles. The average molecular weight is 395 g/mol. The van der Waals surface area contributed by atoms with E-state index in [9.17, 15) is 4.79 Å². The smallest absolute Gasteiger partial charge is 0.236 e. The molecular weight excluding hydrogens is 376 g/mol. The van der Waals surface area contributed by atoms with Gasteiger partial charge in [-0.05, 0) is 25.8 Å². The SMILES string of the molecule is CCc1c(-c2nnc(SCC(=O)Nc3nnc(C)s3)n2C)csc1C. The van der Waals surface area contributed by atoms with E-state index in [1.165, 1.54) is 33.5 Å². The molecular formula is C15H18N6OS3. The first-order valence-electron chi connectivity index (χ1n) is 7.69. The molecule has 3 aromatic heterocycles. The summed E-state index contributed by atoms with van der Waals surface area (Å²) in [5.41, 5.74) is 2.43. The zero-order valence-corrected chi connectivity index (χ0v) is 16.8. The van der Waals surface area contributed by atoms with E-state index in [1.54, 1.807) is 11.3 Å². The summed E-state index contributed by atoms with van der Waals surface area (Å²) >= 11 is 4.43. The number of nitrogens with one attached hydrogen (secondary N) is 1. The molecule has 0 fully saturated rings. The summed E-state index contributed by atoms with van der Waals surface area (Å²) in [6.45, 7) is 6.11. The van der Waals surface area contributed by atoms with E-state index in [2.05, 4.69) is 44.9 Å². The van der Waals surface area contributed by atoms with Crippen molar-refractivity contribution >= 4 is 45.5 Å². The van der Waals surface area contributed by atoms with Crippen molar-refractivity contribution in [1.82, 2.24) is 25.0 Å². The second kappa shape index (κ2) is 7.63. The maximum Gasteiger partial charge on any atom is 0.236 e. The molecule has 132 valence electrons. The molecule has 3 aromatic rings. The number of anilines is 1. The van der Waals surface area contributed by atoms with Crippen molar-refractivity contribution in [2.24, 2.45) is 7.05 Å². The van der Waals surface area contributed by atoms with Crippen molar-refractivity contribution < 1.29 is 4.79 Å². The van der Waals surface area contributed by atoms with Crippen molar-refractivity contribution in [3.05, 3.63) is 20.8 Å². The summed E-state index contributed by atoms with van der Waals surface area (Å²) in [6, 6.07) is 0. The number of rotatable bonds is 6. The van der Waals surface area contributed by atoms with Crippen LogP contribution in [0.5, 0.6) is 0 Å². The van der Waals surface area contributed by atoms with Gasteiger partial charge in [0.1, 0.15) is 5.01 Å². The first kappa shape index (κ1) is 18.0. The van der Waals surface area contributed by atoms with Crippen LogP contribution in [0.4, 0.5) is 5.13 Å². The quantitative estimate of drug-likeness (QED) is 0.646. The van der Waals surface area contributed by atoms with E-state index in [4.69, 9.17) is 0 Å². The monoisotopic (exact) mass is 394 g/mol. The third-order valence-electron chi connectivity index (χ3n) is 3.64. The molecule has 0 saturated heterocycles. The number of amides is 1. The third-order valence-corrected chi connectivity index (χ3v) is 6.37. The maximum absolute atomic E-state index is 12.0. The largest absolute Gasteiger partial charge is 0.305 e. The molecule has 10 heteroatoms. The van der Waals surface area contributed by atoms with Crippen LogP contribution < -0.4 is 5.32 Å². The highest BCUT2D eigenvalue weighted by Gasteiger charge is 2.17. The average Bonchev–Trinajstić information content (AvgIpc) is 3.25. The van der Waals surface area contributed by atoms with E-state index < -0.39 is 0 Å². The molecule has 3 heterocycles. The van der Waals surface area contributed by atoms with Crippen molar-refractivity contribution in [3.63, 3.8) is 0 Å². The normalized spacial score (nSPS) is 11.0. The van der Waals surface area contributed by atoms with Gasteiger partial charge in [0.25, 0.3) is 0 Å². The summed E-state index contributed by atoms with van der Waals surface area (Å²) in [4.78, 5) is 13.3. The molecule has 0 aliphatic rings. The molecule has 0 unspecified atom stereocenters. The van der Waals surface area contributed by atoms with Crippen molar-refractivity contribution in [2.45, 2.75) is 32.3 Å². The van der Waals surface area contributed by atoms with Crippen molar-refractivity contribution in [3.8, 4) is 11.4 Å². The fraction of sp³-hybridized carbons (Fsp3) is 0.400. The van der Waals surface area contributed by atoms with Gasteiger partial charge < -0.3 is 4.57 Å². The van der Waals surface area contributed by atoms with Gasteiger partial charge in [0, 0.05) is 22.9 Å². The lowest BCUT2D eigenvalue weighted by Crippen LogP contribution is -2.14. The van der Waals surface area contributed by atoms with Gasteiger partial charge in [-0.2, -0.15) is 0 Å². The molecule has 3 rings (SSSR count). The molecule has 1 N–H and O–H groups in total. The topological polar surface area (TPSA) is 85.6 Å². The molecule has 0 atom stereocenters. The van der Waals surface area contributed by atoms with Crippen LogP contribution in [0, 0.1) is 13.8 Å². The van der Waals surface area contributed by atoms with Gasteiger partial charge in [0.15, 0.2) is 11.0 Å². The molecule has 0 aliphatic heterocycles. The Morgan fingerprint density at radius 1 is 1.28 bits per heavy atom. The molecule has 7 nitrogen and oxygen atoms in total. The zero-order chi connectivity index (χ0) is 18.0. The van der Waals surface area contributed by atoms with E-state index in [1.807, 2.05) is 18.5 Å². The zero-order valence-electron chi connectivity index (χ0n) is 14.4. The minimum atomic E-state index is -0.133. The molecule has 0 radical (unpaired) electrons. The first-order chi connectivity index (χ1) is 12.0. The van der Waals surface area contributed by atoms with Crippen molar-refractivity contribution in [2.75, 3.05) is 11.1 Å². The van der Waals surface area contributed by atoms with Crippen LogP contribution in [0.3, 0.4) is 0 Å². The van der Waals surface area contributed by atoms with Gasteiger partial charge >= 0.3 is 0 Å². The Bertz CT molecular complexity index is 897. The number of thioether (sulfide) groups is 1. The lowest BCUT2D eigenvalue weighted by molar-refractivity contribution is -0.113. The Kier molecular flexibility index (Phi) is 5.50. The Balaban J connectivity index is 1.68. The van der Waals surface area contributed by atoms with Gasteiger partial charge in [0.2, 0.25) is 11.0 Å². The number of thiophene rings is 1. The van der Waals surface area contributed by atoms with E-state index in [-0.39, 0.29) is 11.7 Å².